The first-order valence-corrected chi connectivity index (χ1v) is 45.7. The van der Waals surface area contributed by atoms with E-state index in [0.29, 0.717) is 31.6 Å². The Bertz CT molecular complexity index is 1990. The van der Waals surface area contributed by atoms with Gasteiger partial charge in [0, 0.05) is 25.7 Å². The van der Waals surface area contributed by atoms with E-state index in [0.717, 1.165) is 114 Å². The third kappa shape index (κ3) is 76.3. The van der Waals surface area contributed by atoms with Crippen LogP contribution in [-0.2, 0) is 65.4 Å². The highest BCUT2D eigenvalue weighted by atomic mass is 31.2. The summed E-state index contributed by atoms with van der Waals surface area (Å²) in [6.45, 7) is 14.2. The normalized spacial score (nSPS) is 14.0. The van der Waals surface area contributed by atoms with Gasteiger partial charge in [-0.05, 0) is 49.4 Å². The summed E-state index contributed by atoms with van der Waals surface area (Å²) in [6, 6.07) is 0. The maximum absolute atomic E-state index is 13.1. The molecule has 0 spiro atoms. The molecule has 0 aliphatic heterocycles. The third-order valence-electron chi connectivity index (χ3n) is 19.3. The molecule has 0 rings (SSSR count). The average molecular weight is 1490 g/mol. The van der Waals surface area contributed by atoms with Crippen molar-refractivity contribution in [2.45, 2.75) is 446 Å². The molecule has 606 valence electrons. The van der Waals surface area contributed by atoms with Crippen LogP contribution < -0.4 is 0 Å². The number of aliphatic hydroxyl groups excluding tert-OH is 1. The van der Waals surface area contributed by atoms with E-state index in [2.05, 4.69) is 55.4 Å². The SMILES string of the molecule is CC(C)CCCCCCCCCCCCCCCCCCCCC(=O)O[C@H](COC(=O)CCCCCCCCCCCCCCCCCCC(C)C)COP(=O)(O)OCC(O)COP(=O)(O)OC[C@@H](COC(=O)CCCCCCCCCC(C)C)OC(=O)CCCCCCCCCCCC(C)C. The fourth-order valence-corrected chi connectivity index (χ4v) is 14.4. The minimum Gasteiger partial charge on any atom is -0.462 e. The fraction of sp³-hybridized carbons (Fsp3) is 0.952. The average Bonchev–Trinajstić information content (AvgIpc) is 0.911. The van der Waals surface area contributed by atoms with Gasteiger partial charge in [-0.1, -0.05) is 376 Å². The topological polar surface area (TPSA) is 237 Å². The number of rotatable bonds is 80. The number of carbonyl (C=O) groups is 4. The Hall–Kier alpha value is -1.94. The second-order valence-electron chi connectivity index (χ2n) is 31.8. The van der Waals surface area contributed by atoms with Gasteiger partial charge in [-0.2, -0.15) is 0 Å². The quantitative estimate of drug-likeness (QED) is 0.0222. The van der Waals surface area contributed by atoms with Gasteiger partial charge in [-0.3, -0.25) is 37.3 Å². The zero-order valence-electron chi connectivity index (χ0n) is 67.2. The molecule has 17 nitrogen and oxygen atoms in total. The largest absolute Gasteiger partial charge is 0.472 e. The maximum atomic E-state index is 13.1. The molecule has 3 N–H and O–H groups in total. The number of phosphoric ester groups is 2. The number of phosphoric acid groups is 2. The summed E-state index contributed by atoms with van der Waals surface area (Å²) in [5, 5.41) is 10.6. The molecular formula is C83H162O17P2. The molecule has 0 aromatic carbocycles. The molecule has 0 bridgehead atoms. The van der Waals surface area contributed by atoms with Crippen LogP contribution in [0.1, 0.15) is 428 Å². The van der Waals surface area contributed by atoms with Gasteiger partial charge in [-0.25, -0.2) is 9.13 Å². The highest BCUT2D eigenvalue weighted by Gasteiger charge is 2.30. The Morgan fingerprint density at radius 3 is 0.608 bits per heavy atom. The van der Waals surface area contributed by atoms with Gasteiger partial charge in [0.1, 0.15) is 19.3 Å². The van der Waals surface area contributed by atoms with Gasteiger partial charge in [0.25, 0.3) is 0 Å². The van der Waals surface area contributed by atoms with E-state index >= 15 is 0 Å². The van der Waals surface area contributed by atoms with Crippen LogP contribution in [0.3, 0.4) is 0 Å². The van der Waals surface area contributed by atoms with Crippen LogP contribution in [0, 0.1) is 23.7 Å². The molecule has 0 aliphatic rings. The molecule has 3 unspecified atom stereocenters. The molecule has 5 atom stereocenters. The first-order chi connectivity index (χ1) is 49.1. The van der Waals surface area contributed by atoms with Crippen LogP contribution in [-0.4, -0.2) is 96.7 Å². The number of aliphatic hydroxyl groups is 1. The molecular weight excluding hydrogens is 1330 g/mol. The summed E-state index contributed by atoms with van der Waals surface area (Å²) in [6.07, 6.45) is 59.9. The predicted molar refractivity (Wildman–Crippen MR) is 418 cm³/mol. The number of carbonyl (C=O) groups excluding carboxylic acids is 4. The zero-order chi connectivity index (χ0) is 75.3. The van der Waals surface area contributed by atoms with Crippen molar-refractivity contribution in [1.82, 2.24) is 0 Å². The summed E-state index contributed by atoms with van der Waals surface area (Å²) >= 11 is 0. The van der Waals surface area contributed by atoms with Crippen LogP contribution in [0.25, 0.3) is 0 Å². The summed E-state index contributed by atoms with van der Waals surface area (Å²) in [7, 11) is -9.92. The van der Waals surface area contributed by atoms with Crippen LogP contribution in [0.15, 0.2) is 0 Å². The molecule has 0 saturated heterocycles. The lowest BCUT2D eigenvalue weighted by molar-refractivity contribution is -0.161. The second kappa shape index (κ2) is 72.0. The van der Waals surface area contributed by atoms with Gasteiger partial charge in [0.15, 0.2) is 12.2 Å². The second-order valence-corrected chi connectivity index (χ2v) is 34.7. The number of ether oxygens (including phenoxy) is 4. The summed E-state index contributed by atoms with van der Waals surface area (Å²) in [5.41, 5.74) is 0. The van der Waals surface area contributed by atoms with Crippen molar-refractivity contribution in [3.63, 3.8) is 0 Å². The first kappa shape index (κ1) is 100. The lowest BCUT2D eigenvalue weighted by Crippen LogP contribution is -2.30. The molecule has 19 heteroatoms. The minimum atomic E-state index is -4.96. The molecule has 0 heterocycles. The van der Waals surface area contributed by atoms with E-state index in [1.807, 2.05) is 0 Å². The number of hydrogen-bond donors (Lipinski definition) is 3. The Morgan fingerprint density at radius 1 is 0.245 bits per heavy atom. The number of unbranched alkanes of at least 4 members (excludes halogenated alkanes) is 46. The van der Waals surface area contributed by atoms with Gasteiger partial charge >= 0.3 is 39.5 Å². The molecule has 0 aliphatic carbocycles. The molecule has 0 aromatic rings. The van der Waals surface area contributed by atoms with Crippen LogP contribution >= 0.6 is 15.6 Å². The standard InChI is InChI=1S/C83H162O17P2/c1-73(2)59-51-43-35-28-23-19-15-11-9-10-12-18-22-26-32-40-49-57-65-82(87)99-78(69-93-80(85)63-55-47-39-31-25-21-17-14-13-16-20-24-29-36-44-52-60-74(3)4)71-97-101(89,90)95-67-77(84)68-96-102(91,92)98-72-79(70-94-81(86)64-56-48-42-34-38-46-54-62-76(7)8)100-83(88)66-58-50-41-33-27-30-37-45-53-61-75(5)6/h73-79,84H,9-72H2,1-8H3,(H,89,90)(H,91,92)/t77?,78-,79-/m1/s1. The highest BCUT2D eigenvalue weighted by molar-refractivity contribution is 7.47. The van der Waals surface area contributed by atoms with Crippen LogP contribution in [0.5, 0.6) is 0 Å². The highest BCUT2D eigenvalue weighted by Crippen LogP contribution is 2.45. The minimum absolute atomic E-state index is 0.104. The fourth-order valence-electron chi connectivity index (χ4n) is 12.8. The molecule has 0 saturated carbocycles. The summed E-state index contributed by atoms with van der Waals surface area (Å²) in [4.78, 5) is 73.0. The molecule has 0 amide bonds. The van der Waals surface area contributed by atoms with E-state index in [1.165, 1.54) is 225 Å². The van der Waals surface area contributed by atoms with Gasteiger partial charge in [0.05, 0.1) is 26.4 Å². The lowest BCUT2D eigenvalue weighted by atomic mass is 10.0. The smallest absolute Gasteiger partial charge is 0.462 e. The van der Waals surface area contributed by atoms with Crippen molar-refractivity contribution in [3.8, 4) is 0 Å². The Balaban J connectivity index is 5.21. The van der Waals surface area contributed by atoms with Crippen LogP contribution in [0.2, 0.25) is 0 Å². The molecule has 0 aromatic heterocycles. The monoisotopic (exact) mass is 1490 g/mol. The number of esters is 4. The molecule has 102 heavy (non-hydrogen) atoms. The van der Waals surface area contributed by atoms with E-state index < -0.39 is 97.5 Å². The predicted octanol–water partition coefficient (Wildman–Crippen LogP) is 24.8. The van der Waals surface area contributed by atoms with Gasteiger partial charge in [-0.15, -0.1) is 0 Å². The van der Waals surface area contributed by atoms with Crippen molar-refractivity contribution in [2.24, 2.45) is 23.7 Å². The summed E-state index contributed by atoms with van der Waals surface area (Å²) in [5.74, 6) is 0.961. The Morgan fingerprint density at radius 2 is 0.412 bits per heavy atom. The van der Waals surface area contributed by atoms with Crippen LogP contribution in [0.4, 0.5) is 0 Å². The molecule has 0 radical (unpaired) electrons. The van der Waals surface area contributed by atoms with Crippen molar-refractivity contribution < 1.29 is 80.2 Å². The third-order valence-corrected chi connectivity index (χ3v) is 21.2. The van der Waals surface area contributed by atoms with E-state index in [9.17, 15) is 43.2 Å². The van der Waals surface area contributed by atoms with Crippen molar-refractivity contribution in [1.29, 1.82) is 0 Å². The van der Waals surface area contributed by atoms with Gasteiger partial charge in [0.2, 0.25) is 0 Å². The Kier molecular flexibility index (Phi) is 70.6. The zero-order valence-corrected chi connectivity index (χ0v) is 69.0. The Labute approximate surface area is 626 Å². The summed E-state index contributed by atoms with van der Waals surface area (Å²) < 4.78 is 68.7. The van der Waals surface area contributed by atoms with Crippen molar-refractivity contribution in [3.05, 3.63) is 0 Å². The first-order valence-electron chi connectivity index (χ1n) is 42.7. The van der Waals surface area contributed by atoms with Crippen molar-refractivity contribution >= 4 is 39.5 Å². The van der Waals surface area contributed by atoms with E-state index in [-0.39, 0.29) is 25.7 Å². The van der Waals surface area contributed by atoms with E-state index in [1.54, 1.807) is 0 Å². The van der Waals surface area contributed by atoms with Crippen molar-refractivity contribution in [2.75, 3.05) is 39.6 Å². The molecule has 0 fully saturated rings. The van der Waals surface area contributed by atoms with Gasteiger partial charge < -0.3 is 33.8 Å². The lowest BCUT2D eigenvalue weighted by Gasteiger charge is -2.21. The number of hydrogen-bond acceptors (Lipinski definition) is 15. The van der Waals surface area contributed by atoms with E-state index in [4.69, 9.17) is 37.0 Å². The maximum Gasteiger partial charge on any atom is 0.472 e.